The Labute approximate surface area is 127 Å². The number of likely N-dealkylation sites (N-methyl/N-ethyl adjacent to an activating group) is 1. The maximum absolute atomic E-state index is 12.5. The van der Waals surface area contributed by atoms with Crippen molar-refractivity contribution in [2.75, 3.05) is 13.3 Å². The van der Waals surface area contributed by atoms with E-state index in [2.05, 4.69) is 6.92 Å². The molecule has 0 spiro atoms. The second-order valence-electron chi connectivity index (χ2n) is 6.58. The molecule has 1 aromatic rings. The summed E-state index contributed by atoms with van der Waals surface area (Å²) < 4.78 is 10.7. The van der Waals surface area contributed by atoms with Crippen molar-refractivity contribution >= 4 is 5.91 Å². The van der Waals surface area contributed by atoms with Crippen molar-refractivity contribution < 1.29 is 14.3 Å². The largest absolute Gasteiger partial charge is 0.454 e. The second kappa shape index (κ2) is 5.96. The molecular formula is C17H25NO3. The highest BCUT2D eigenvalue weighted by Crippen LogP contribution is 2.33. The molecule has 1 aliphatic rings. The average molecular weight is 291 g/mol. The lowest BCUT2D eigenvalue weighted by Crippen LogP contribution is -2.45. The summed E-state index contributed by atoms with van der Waals surface area (Å²) in [5, 5.41) is 0. The number of hydrogen-bond acceptors (Lipinski definition) is 3. The van der Waals surface area contributed by atoms with Crippen LogP contribution in [0.1, 0.15) is 40.2 Å². The van der Waals surface area contributed by atoms with Crippen molar-refractivity contribution in [2.45, 2.75) is 47.1 Å². The smallest absolute Gasteiger partial charge is 0.231 e. The molecule has 0 saturated carbocycles. The Morgan fingerprint density at radius 1 is 1.29 bits per heavy atom. The van der Waals surface area contributed by atoms with E-state index in [1.807, 2.05) is 50.8 Å². The first-order chi connectivity index (χ1) is 9.82. The van der Waals surface area contributed by atoms with Crippen LogP contribution in [0.5, 0.6) is 11.5 Å². The Morgan fingerprint density at radius 3 is 2.57 bits per heavy atom. The number of hydrogen-bond donors (Lipinski definition) is 0. The number of benzene rings is 1. The SMILES string of the molecule is CCN(C(=O)C(C)(C)C)C(C)Cc1ccc2c(c1)OCO2. The van der Waals surface area contributed by atoms with Crippen molar-refractivity contribution in [1.29, 1.82) is 0 Å². The van der Waals surface area contributed by atoms with Gasteiger partial charge in [-0.05, 0) is 38.0 Å². The summed E-state index contributed by atoms with van der Waals surface area (Å²) in [6, 6.07) is 6.14. The normalized spacial score (nSPS) is 14.9. The van der Waals surface area contributed by atoms with Crippen LogP contribution in [0.15, 0.2) is 18.2 Å². The van der Waals surface area contributed by atoms with E-state index < -0.39 is 0 Å². The quantitative estimate of drug-likeness (QED) is 0.855. The number of ether oxygens (including phenoxy) is 2. The van der Waals surface area contributed by atoms with Crippen molar-refractivity contribution in [2.24, 2.45) is 5.41 Å². The molecule has 0 saturated heterocycles. The fourth-order valence-corrected chi connectivity index (χ4v) is 2.61. The monoisotopic (exact) mass is 291 g/mol. The number of nitrogens with zero attached hydrogens (tertiary/aromatic N) is 1. The van der Waals surface area contributed by atoms with Gasteiger partial charge in [0.1, 0.15) is 0 Å². The molecule has 4 nitrogen and oxygen atoms in total. The lowest BCUT2D eigenvalue weighted by atomic mass is 9.93. The van der Waals surface area contributed by atoms with E-state index >= 15 is 0 Å². The minimum absolute atomic E-state index is 0.155. The summed E-state index contributed by atoms with van der Waals surface area (Å²) in [4.78, 5) is 14.4. The lowest BCUT2D eigenvalue weighted by Gasteiger charge is -2.33. The Morgan fingerprint density at radius 2 is 1.95 bits per heavy atom. The molecule has 0 aliphatic carbocycles. The third-order valence-electron chi connectivity index (χ3n) is 3.74. The predicted molar refractivity (Wildman–Crippen MR) is 82.6 cm³/mol. The Bertz CT molecular complexity index is 519. The highest BCUT2D eigenvalue weighted by molar-refractivity contribution is 5.81. The van der Waals surface area contributed by atoms with Gasteiger partial charge in [-0.3, -0.25) is 4.79 Å². The number of fused-ring (bicyclic) bond motifs is 1. The molecule has 4 heteroatoms. The minimum atomic E-state index is -0.348. The highest BCUT2D eigenvalue weighted by Gasteiger charge is 2.29. The summed E-state index contributed by atoms with van der Waals surface area (Å²) >= 11 is 0. The third kappa shape index (κ3) is 3.49. The molecule has 1 amide bonds. The van der Waals surface area contributed by atoms with Crippen LogP contribution in [0.2, 0.25) is 0 Å². The number of carbonyl (C=O) groups is 1. The fraction of sp³-hybridized carbons (Fsp3) is 0.588. The zero-order valence-corrected chi connectivity index (χ0v) is 13.6. The summed E-state index contributed by atoms with van der Waals surface area (Å²) in [5.74, 6) is 1.78. The molecule has 1 heterocycles. The molecule has 0 N–H and O–H groups in total. The molecule has 116 valence electrons. The topological polar surface area (TPSA) is 38.8 Å². The molecule has 21 heavy (non-hydrogen) atoms. The Hall–Kier alpha value is -1.71. The zero-order valence-electron chi connectivity index (χ0n) is 13.6. The van der Waals surface area contributed by atoms with Gasteiger partial charge in [-0.25, -0.2) is 0 Å². The van der Waals surface area contributed by atoms with Gasteiger partial charge in [0, 0.05) is 18.0 Å². The average Bonchev–Trinajstić information content (AvgIpc) is 2.85. The van der Waals surface area contributed by atoms with Gasteiger partial charge in [0.15, 0.2) is 11.5 Å². The summed E-state index contributed by atoms with van der Waals surface area (Å²) in [7, 11) is 0. The summed E-state index contributed by atoms with van der Waals surface area (Å²) in [6.45, 7) is 11.0. The Kier molecular flexibility index (Phi) is 4.45. The van der Waals surface area contributed by atoms with E-state index in [0.717, 1.165) is 30.0 Å². The van der Waals surface area contributed by atoms with Crippen LogP contribution < -0.4 is 9.47 Å². The molecular weight excluding hydrogens is 266 g/mol. The van der Waals surface area contributed by atoms with Gasteiger partial charge >= 0.3 is 0 Å². The van der Waals surface area contributed by atoms with Gasteiger partial charge in [0.05, 0.1) is 0 Å². The van der Waals surface area contributed by atoms with Crippen LogP contribution in [0.25, 0.3) is 0 Å². The van der Waals surface area contributed by atoms with Gasteiger partial charge in [0.25, 0.3) is 0 Å². The van der Waals surface area contributed by atoms with Gasteiger partial charge in [-0.1, -0.05) is 26.8 Å². The van der Waals surface area contributed by atoms with E-state index in [1.165, 1.54) is 0 Å². The second-order valence-corrected chi connectivity index (χ2v) is 6.58. The summed E-state index contributed by atoms with van der Waals surface area (Å²) in [5.41, 5.74) is 0.811. The predicted octanol–water partition coefficient (Wildman–Crippen LogP) is 3.24. The van der Waals surface area contributed by atoms with Crippen LogP contribution in [-0.2, 0) is 11.2 Å². The fourth-order valence-electron chi connectivity index (χ4n) is 2.61. The standard InChI is InChI=1S/C17H25NO3/c1-6-18(16(19)17(3,4)5)12(2)9-13-7-8-14-15(10-13)21-11-20-14/h7-8,10,12H,6,9,11H2,1-5H3. The number of rotatable bonds is 4. The van der Waals surface area contributed by atoms with E-state index in [-0.39, 0.29) is 24.2 Å². The van der Waals surface area contributed by atoms with Gasteiger partial charge in [-0.2, -0.15) is 0 Å². The minimum Gasteiger partial charge on any atom is -0.454 e. The van der Waals surface area contributed by atoms with Crippen molar-refractivity contribution in [3.8, 4) is 11.5 Å². The van der Waals surface area contributed by atoms with E-state index in [9.17, 15) is 4.79 Å². The molecule has 1 atom stereocenters. The van der Waals surface area contributed by atoms with Crippen LogP contribution in [-0.4, -0.2) is 30.2 Å². The van der Waals surface area contributed by atoms with Gasteiger partial charge in [-0.15, -0.1) is 0 Å². The van der Waals surface area contributed by atoms with E-state index in [1.54, 1.807) is 0 Å². The molecule has 1 aromatic carbocycles. The zero-order chi connectivity index (χ0) is 15.6. The molecule has 1 unspecified atom stereocenters. The van der Waals surface area contributed by atoms with E-state index in [4.69, 9.17) is 9.47 Å². The first-order valence-electron chi connectivity index (χ1n) is 7.52. The van der Waals surface area contributed by atoms with Crippen LogP contribution in [0.4, 0.5) is 0 Å². The first-order valence-corrected chi connectivity index (χ1v) is 7.52. The van der Waals surface area contributed by atoms with Crippen molar-refractivity contribution in [1.82, 2.24) is 4.90 Å². The maximum Gasteiger partial charge on any atom is 0.231 e. The molecule has 1 aliphatic heterocycles. The number of carbonyl (C=O) groups excluding carboxylic acids is 1. The van der Waals surface area contributed by atoms with Crippen LogP contribution in [0, 0.1) is 5.41 Å². The lowest BCUT2D eigenvalue weighted by molar-refractivity contribution is -0.141. The van der Waals surface area contributed by atoms with E-state index in [0.29, 0.717) is 0 Å². The van der Waals surface area contributed by atoms with Gasteiger partial charge in [0.2, 0.25) is 12.7 Å². The van der Waals surface area contributed by atoms with Crippen LogP contribution in [0.3, 0.4) is 0 Å². The maximum atomic E-state index is 12.5. The molecule has 0 fully saturated rings. The highest BCUT2D eigenvalue weighted by atomic mass is 16.7. The van der Waals surface area contributed by atoms with Crippen LogP contribution >= 0.6 is 0 Å². The molecule has 0 aromatic heterocycles. The number of amides is 1. The third-order valence-corrected chi connectivity index (χ3v) is 3.74. The molecule has 2 rings (SSSR count). The Balaban J connectivity index is 2.09. The van der Waals surface area contributed by atoms with Crippen molar-refractivity contribution in [3.05, 3.63) is 23.8 Å². The van der Waals surface area contributed by atoms with Gasteiger partial charge < -0.3 is 14.4 Å². The molecule has 0 radical (unpaired) electrons. The first kappa shape index (κ1) is 15.7. The molecule has 0 bridgehead atoms. The summed E-state index contributed by atoms with van der Waals surface area (Å²) in [6.07, 6.45) is 0.812. The van der Waals surface area contributed by atoms with Crippen molar-refractivity contribution in [3.63, 3.8) is 0 Å².